The largest absolute Gasteiger partial charge is 0.497 e. The van der Waals surface area contributed by atoms with Crippen LogP contribution in [0.5, 0.6) is 5.75 Å². The Morgan fingerprint density at radius 1 is 1.15 bits per heavy atom. The molecule has 1 saturated carbocycles. The van der Waals surface area contributed by atoms with Crippen molar-refractivity contribution in [1.29, 1.82) is 0 Å². The molecule has 7 heteroatoms. The quantitative estimate of drug-likeness (QED) is 0.526. The number of benzene rings is 2. The number of hydrogen-bond donors (Lipinski definition) is 0. The van der Waals surface area contributed by atoms with Gasteiger partial charge in [0.25, 0.3) is 0 Å². The van der Waals surface area contributed by atoms with E-state index in [2.05, 4.69) is 0 Å². The SMILES string of the molecule is COc1ccc([C@H](C)N(C)C(=O)C[C@]2(c3ccccc3Cl)CC(=O)N(C3CCCC3)C2=O)cc1. The lowest BCUT2D eigenvalue weighted by molar-refractivity contribution is -0.144. The number of hydrogen-bond acceptors (Lipinski definition) is 4. The van der Waals surface area contributed by atoms with Crippen molar-refractivity contribution in [2.24, 2.45) is 0 Å². The molecule has 0 bridgehead atoms. The van der Waals surface area contributed by atoms with E-state index in [4.69, 9.17) is 16.3 Å². The number of halogens is 1. The maximum atomic E-state index is 13.9. The Kier molecular flexibility index (Phi) is 6.99. The molecule has 3 amide bonds. The summed E-state index contributed by atoms with van der Waals surface area (Å²) in [4.78, 5) is 43.7. The number of ether oxygens (including phenoxy) is 1. The number of rotatable bonds is 7. The van der Waals surface area contributed by atoms with Gasteiger partial charge in [-0.05, 0) is 49.1 Å². The molecule has 1 aliphatic carbocycles. The van der Waals surface area contributed by atoms with Crippen LogP contribution in [0.25, 0.3) is 0 Å². The Balaban J connectivity index is 1.65. The molecule has 1 heterocycles. The molecule has 2 aromatic rings. The molecule has 1 aliphatic heterocycles. The first-order chi connectivity index (χ1) is 16.3. The summed E-state index contributed by atoms with van der Waals surface area (Å²) >= 11 is 6.55. The van der Waals surface area contributed by atoms with Crippen LogP contribution in [-0.2, 0) is 19.8 Å². The van der Waals surface area contributed by atoms with E-state index in [1.54, 1.807) is 43.3 Å². The molecule has 0 radical (unpaired) electrons. The van der Waals surface area contributed by atoms with Crippen LogP contribution in [0.3, 0.4) is 0 Å². The van der Waals surface area contributed by atoms with E-state index < -0.39 is 5.41 Å². The van der Waals surface area contributed by atoms with Gasteiger partial charge in [0.2, 0.25) is 17.7 Å². The molecule has 180 valence electrons. The highest BCUT2D eigenvalue weighted by molar-refractivity contribution is 6.32. The smallest absolute Gasteiger partial charge is 0.241 e. The van der Waals surface area contributed by atoms with Gasteiger partial charge in [-0.3, -0.25) is 19.3 Å². The first kappa shape index (κ1) is 24.3. The van der Waals surface area contributed by atoms with Crippen molar-refractivity contribution in [3.8, 4) is 5.75 Å². The van der Waals surface area contributed by atoms with Crippen LogP contribution in [0.1, 0.15) is 62.6 Å². The van der Waals surface area contributed by atoms with Crippen molar-refractivity contribution in [2.45, 2.75) is 62.9 Å². The van der Waals surface area contributed by atoms with Crippen molar-refractivity contribution in [2.75, 3.05) is 14.2 Å². The van der Waals surface area contributed by atoms with E-state index in [1.807, 2.05) is 31.2 Å². The van der Waals surface area contributed by atoms with E-state index in [0.29, 0.717) is 10.6 Å². The molecule has 34 heavy (non-hydrogen) atoms. The van der Waals surface area contributed by atoms with Gasteiger partial charge in [0, 0.05) is 31.0 Å². The molecular weight excluding hydrogens is 452 g/mol. The van der Waals surface area contributed by atoms with Gasteiger partial charge in [0.1, 0.15) is 5.75 Å². The van der Waals surface area contributed by atoms with Crippen molar-refractivity contribution in [1.82, 2.24) is 9.80 Å². The van der Waals surface area contributed by atoms with Crippen LogP contribution >= 0.6 is 11.6 Å². The fourth-order valence-corrected chi connectivity index (χ4v) is 5.61. The third kappa shape index (κ3) is 4.31. The van der Waals surface area contributed by atoms with Crippen LogP contribution in [-0.4, -0.2) is 47.7 Å². The molecule has 0 spiro atoms. The van der Waals surface area contributed by atoms with Gasteiger partial charge in [-0.15, -0.1) is 0 Å². The van der Waals surface area contributed by atoms with E-state index in [1.165, 1.54) is 4.90 Å². The zero-order valence-corrected chi connectivity index (χ0v) is 20.7. The summed E-state index contributed by atoms with van der Waals surface area (Å²) in [5.41, 5.74) is 0.211. The summed E-state index contributed by atoms with van der Waals surface area (Å²) in [6.07, 6.45) is 3.49. The van der Waals surface area contributed by atoms with Crippen LogP contribution in [0, 0.1) is 0 Å². The highest BCUT2D eigenvalue weighted by Crippen LogP contribution is 2.45. The fraction of sp³-hybridized carbons (Fsp3) is 0.444. The van der Waals surface area contributed by atoms with E-state index >= 15 is 0 Å². The minimum Gasteiger partial charge on any atom is -0.497 e. The maximum absolute atomic E-state index is 13.9. The monoisotopic (exact) mass is 482 g/mol. The second-order valence-corrected chi connectivity index (χ2v) is 9.78. The predicted octanol–water partition coefficient (Wildman–Crippen LogP) is 4.90. The summed E-state index contributed by atoms with van der Waals surface area (Å²) in [6, 6.07) is 14.3. The van der Waals surface area contributed by atoms with Crippen molar-refractivity contribution >= 4 is 29.3 Å². The fourth-order valence-electron chi connectivity index (χ4n) is 5.29. The standard InChI is InChI=1S/C27H31ClN2O4/c1-18(19-12-14-21(34-3)15-13-19)29(2)24(31)16-27(22-10-6-7-11-23(22)28)17-25(32)30(26(27)33)20-8-4-5-9-20/h6-7,10-15,18,20H,4-5,8-9,16-17H2,1-3H3/t18-,27+/m0/s1. The lowest BCUT2D eigenvalue weighted by Crippen LogP contribution is -2.45. The zero-order chi connectivity index (χ0) is 24.5. The van der Waals surface area contributed by atoms with Gasteiger partial charge in [0.05, 0.1) is 18.6 Å². The zero-order valence-electron chi connectivity index (χ0n) is 19.9. The van der Waals surface area contributed by atoms with Gasteiger partial charge < -0.3 is 9.64 Å². The van der Waals surface area contributed by atoms with Crippen molar-refractivity contribution < 1.29 is 19.1 Å². The third-order valence-electron chi connectivity index (χ3n) is 7.45. The maximum Gasteiger partial charge on any atom is 0.241 e. The molecule has 1 saturated heterocycles. The van der Waals surface area contributed by atoms with Gasteiger partial charge in [-0.2, -0.15) is 0 Å². The second kappa shape index (κ2) is 9.79. The lowest BCUT2D eigenvalue weighted by atomic mass is 9.75. The van der Waals surface area contributed by atoms with Crippen LogP contribution in [0.15, 0.2) is 48.5 Å². The predicted molar refractivity (Wildman–Crippen MR) is 131 cm³/mol. The molecule has 0 N–H and O–H groups in total. The highest BCUT2D eigenvalue weighted by Gasteiger charge is 2.56. The summed E-state index contributed by atoms with van der Waals surface area (Å²) in [6.45, 7) is 1.94. The molecule has 0 aromatic heterocycles. The molecule has 2 atom stereocenters. The molecule has 6 nitrogen and oxygen atoms in total. The first-order valence-corrected chi connectivity index (χ1v) is 12.2. The molecular formula is C27H31ClN2O4. The first-order valence-electron chi connectivity index (χ1n) is 11.8. The van der Waals surface area contributed by atoms with E-state index in [0.717, 1.165) is 37.0 Å². The Morgan fingerprint density at radius 3 is 2.41 bits per heavy atom. The number of carbonyl (C=O) groups excluding carboxylic acids is 3. The molecule has 2 fully saturated rings. The average Bonchev–Trinajstić information content (AvgIpc) is 3.45. The number of likely N-dealkylation sites (tertiary alicyclic amines) is 1. The second-order valence-electron chi connectivity index (χ2n) is 9.38. The average molecular weight is 483 g/mol. The van der Waals surface area contributed by atoms with Crippen LogP contribution < -0.4 is 4.74 Å². The van der Waals surface area contributed by atoms with Gasteiger partial charge in [0.15, 0.2) is 0 Å². The Morgan fingerprint density at radius 2 is 1.79 bits per heavy atom. The van der Waals surface area contributed by atoms with Gasteiger partial charge in [-0.1, -0.05) is 54.8 Å². The Bertz CT molecular complexity index is 1080. The topological polar surface area (TPSA) is 66.9 Å². The van der Waals surface area contributed by atoms with Crippen LogP contribution in [0.2, 0.25) is 5.02 Å². The lowest BCUT2D eigenvalue weighted by Gasteiger charge is -2.33. The molecule has 2 aliphatic rings. The molecule has 2 aromatic carbocycles. The minimum absolute atomic E-state index is 0.0391. The summed E-state index contributed by atoms with van der Waals surface area (Å²) in [5.74, 6) is 0.0224. The number of methoxy groups -OCH3 is 1. The number of amides is 3. The summed E-state index contributed by atoms with van der Waals surface area (Å²) in [5, 5.41) is 0.399. The number of nitrogens with zero attached hydrogens (tertiary/aromatic N) is 2. The summed E-state index contributed by atoms with van der Waals surface area (Å²) < 4.78 is 5.23. The number of carbonyl (C=O) groups is 3. The minimum atomic E-state index is -1.29. The van der Waals surface area contributed by atoms with Crippen molar-refractivity contribution in [3.05, 3.63) is 64.7 Å². The molecule has 0 unspecified atom stereocenters. The highest BCUT2D eigenvalue weighted by atomic mass is 35.5. The van der Waals surface area contributed by atoms with Gasteiger partial charge >= 0.3 is 0 Å². The van der Waals surface area contributed by atoms with E-state index in [-0.39, 0.29) is 42.6 Å². The Labute approximate surface area is 205 Å². The normalized spacial score (nSPS) is 21.7. The Hall–Kier alpha value is -2.86. The summed E-state index contributed by atoms with van der Waals surface area (Å²) in [7, 11) is 3.34. The third-order valence-corrected chi connectivity index (χ3v) is 7.78. The van der Waals surface area contributed by atoms with Crippen LogP contribution in [0.4, 0.5) is 0 Å². The van der Waals surface area contributed by atoms with Crippen molar-refractivity contribution in [3.63, 3.8) is 0 Å². The van der Waals surface area contributed by atoms with Gasteiger partial charge in [-0.25, -0.2) is 0 Å². The van der Waals surface area contributed by atoms with E-state index in [9.17, 15) is 14.4 Å². The number of imide groups is 1. The molecule has 4 rings (SSSR count).